The van der Waals surface area contributed by atoms with Crippen LogP contribution >= 0.6 is 0 Å². The van der Waals surface area contributed by atoms with Gasteiger partial charge in [-0.1, -0.05) is 13.8 Å². The summed E-state index contributed by atoms with van der Waals surface area (Å²) in [6.07, 6.45) is 2.25. The Morgan fingerprint density at radius 1 is 1.32 bits per heavy atom. The fourth-order valence-electron chi connectivity index (χ4n) is 2.73. The minimum atomic E-state index is 0.184. The highest BCUT2D eigenvalue weighted by atomic mass is 16.5. The highest BCUT2D eigenvalue weighted by Gasteiger charge is 2.26. The third-order valence-corrected chi connectivity index (χ3v) is 3.43. The Kier molecular flexibility index (Phi) is 6.31. The van der Waals surface area contributed by atoms with Crippen molar-refractivity contribution in [1.82, 2.24) is 14.7 Å². The van der Waals surface area contributed by atoms with E-state index in [1.54, 1.807) is 11.8 Å². The van der Waals surface area contributed by atoms with Crippen LogP contribution in [0.15, 0.2) is 0 Å². The van der Waals surface area contributed by atoms with Crippen molar-refractivity contribution in [1.29, 1.82) is 0 Å². The molecule has 1 unspecified atom stereocenters. The molecule has 0 aliphatic carbocycles. The number of hydrogen-bond donors (Lipinski definition) is 1. The smallest absolute Gasteiger partial charge is 0.216 e. The van der Waals surface area contributed by atoms with E-state index in [1.165, 1.54) is 0 Å². The number of aryl methyl sites for hydroxylation is 2. The van der Waals surface area contributed by atoms with Crippen molar-refractivity contribution in [2.24, 2.45) is 12.8 Å². The SMILES string of the molecule is CCCN(CCC)C(CN)c1c(C)nn(C)c1OC. The maximum Gasteiger partial charge on any atom is 0.216 e. The highest BCUT2D eigenvalue weighted by molar-refractivity contribution is 5.34. The van der Waals surface area contributed by atoms with E-state index in [0.717, 1.165) is 43.1 Å². The first-order chi connectivity index (χ1) is 9.10. The summed E-state index contributed by atoms with van der Waals surface area (Å²) in [7, 11) is 3.60. The van der Waals surface area contributed by atoms with Gasteiger partial charge in [-0.05, 0) is 32.9 Å². The van der Waals surface area contributed by atoms with Crippen LogP contribution in [0.5, 0.6) is 5.88 Å². The molecule has 0 bridgehead atoms. The van der Waals surface area contributed by atoms with Gasteiger partial charge < -0.3 is 10.5 Å². The van der Waals surface area contributed by atoms with E-state index in [-0.39, 0.29) is 6.04 Å². The highest BCUT2D eigenvalue weighted by Crippen LogP contribution is 2.31. The van der Waals surface area contributed by atoms with Gasteiger partial charge in [0.2, 0.25) is 5.88 Å². The zero-order chi connectivity index (χ0) is 14.4. The van der Waals surface area contributed by atoms with E-state index >= 15 is 0 Å². The second-order valence-corrected chi connectivity index (χ2v) is 4.92. The van der Waals surface area contributed by atoms with Crippen molar-refractivity contribution < 1.29 is 4.74 Å². The van der Waals surface area contributed by atoms with Crippen molar-refractivity contribution in [2.45, 2.75) is 39.7 Å². The first-order valence-electron chi connectivity index (χ1n) is 7.12. The van der Waals surface area contributed by atoms with Crippen LogP contribution in [0, 0.1) is 6.92 Å². The summed E-state index contributed by atoms with van der Waals surface area (Å²) >= 11 is 0. The molecule has 1 aromatic rings. The molecule has 1 rings (SSSR count). The number of rotatable bonds is 8. The summed E-state index contributed by atoms with van der Waals surface area (Å²) < 4.78 is 7.30. The molecule has 5 nitrogen and oxygen atoms in total. The van der Waals surface area contributed by atoms with Crippen molar-refractivity contribution in [2.75, 3.05) is 26.7 Å². The van der Waals surface area contributed by atoms with Gasteiger partial charge in [0.1, 0.15) is 0 Å². The maximum atomic E-state index is 6.03. The van der Waals surface area contributed by atoms with Gasteiger partial charge in [-0.2, -0.15) is 5.10 Å². The molecule has 19 heavy (non-hydrogen) atoms. The molecule has 1 heterocycles. The molecule has 0 aliphatic rings. The molecular formula is C14H28N4O. The molecular weight excluding hydrogens is 240 g/mol. The van der Waals surface area contributed by atoms with Gasteiger partial charge in [0.05, 0.1) is 24.4 Å². The summed E-state index contributed by atoms with van der Waals surface area (Å²) in [5.41, 5.74) is 8.17. The first kappa shape index (κ1) is 16.0. The van der Waals surface area contributed by atoms with E-state index in [9.17, 15) is 0 Å². The third kappa shape index (κ3) is 3.48. The van der Waals surface area contributed by atoms with Crippen LogP contribution in [-0.4, -0.2) is 41.4 Å². The van der Waals surface area contributed by atoms with E-state index in [4.69, 9.17) is 10.5 Å². The molecule has 0 fully saturated rings. The summed E-state index contributed by atoms with van der Waals surface area (Å²) in [6.45, 7) is 9.10. The zero-order valence-corrected chi connectivity index (χ0v) is 12.9. The van der Waals surface area contributed by atoms with E-state index < -0.39 is 0 Å². The Balaban J connectivity index is 3.13. The lowest BCUT2D eigenvalue weighted by molar-refractivity contribution is 0.197. The maximum absolute atomic E-state index is 6.03. The van der Waals surface area contributed by atoms with Gasteiger partial charge in [-0.15, -0.1) is 0 Å². The third-order valence-electron chi connectivity index (χ3n) is 3.43. The van der Waals surface area contributed by atoms with Crippen LogP contribution in [0.25, 0.3) is 0 Å². The predicted molar refractivity (Wildman–Crippen MR) is 78.4 cm³/mol. The Morgan fingerprint density at radius 3 is 2.32 bits per heavy atom. The monoisotopic (exact) mass is 268 g/mol. The van der Waals surface area contributed by atoms with Gasteiger partial charge >= 0.3 is 0 Å². The average molecular weight is 268 g/mol. The van der Waals surface area contributed by atoms with E-state index in [1.807, 2.05) is 14.0 Å². The van der Waals surface area contributed by atoms with Crippen molar-refractivity contribution >= 4 is 0 Å². The van der Waals surface area contributed by atoms with Crippen LogP contribution in [0.4, 0.5) is 0 Å². The number of ether oxygens (including phenoxy) is 1. The van der Waals surface area contributed by atoms with Crippen LogP contribution in [0.2, 0.25) is 0 Å². The first-order valence-corrected chi connectivity index (χ1v) is 7.12. The minimum absolute atomic E-state index is 0.184. The standard InChI is InChI=1S/C14H28N4O/c1-6-8-18(9-7-2)12(10-15)13-11(3)16-17(4)14(13)19-5/h12H,6-10,15H2,1-5H3. The second-order valence-electron chi connectivity index (χ2n) is 4.92. The second kappa shape index (κ2) is 7.50. The molecule has 1 aromatic heterocycles. The van der Waals surface area contributed by atoms with E-state index in [0.29, 0.717) is 6.54 Å². The molecule has 0 saturated carbocycles. The largest absolute Gasteiger partial charge is 0.481 e. The summed E-state index contributed by atoms with van der Waals surface area (Å²) in [5, 5.41) is 4.46. The molecule has 0 radical (unpaired) electrons. The predicted octanol–water partition coefficient (Wildman–Crippen LogP) is 1.86. The van der Waals surface area contributed by atoms with Crippen LogP contribution in [0.3, 0.4) is 0 Å². The van der Waals surface area contributed by atoms with Gasteiger partial charge in [0, 0.05) is 13.6 Å². The summed E-state index contributed by atoms with van der Waals surface area (Å²) in [5.74, 6) is 0.824. The Hall–Kier alpha value is -1.07. The molecule has 0 aromatic carbocycles. The number of hydrogen-bond acceptors (Lipinski definition) is 4. The minimum Gasteiger partial charge on any atom is -0.481 e. The molecule has 1 atom stereocenters. The lowest BCUT2D eigenvalue weighted by Crippen LogP contribution is -2.35. The fraction of sp³-hybridized carbons (Fsp3) is 0.786. The number of aromatic nitrogens is 2. The number of methoxy groups -OCH3 is 1. The lowest BCUT2D eigenvalue weighted by atomic mass is 10.1. The van der Waals surface area contributed by atoms with E-state index in [2.05, 4.69) is 23.8 Å². The molecule has 110 valence electrons. The zero-order valence-electron chi connectivity index (χ0n) is 12.9. The number of nitrogens with two attached hydrogens (primary N) is 1. The quantitative estimate of drug-likeness (QED) is 0.782. The van der Waals surface area contributed by atoms with Gasteiger partial charge in [0.25, 0.3) is 0 Å². The Morgan fingerprint density at radius 2 is 1.89 bits per heavy atom. The van der Waals surface area contributed by atoms with Crippen LogP contribution in [-0.2, 0) is 7.05 Å². The average Bonchev–Trinajstić information content (AvgIpc) is 2.66. The molecule has 0 amide bonds. The van der Waals surface area contributed by atoms with Gasteiger partial charge in [0.15, 0.2) is 0 Å². The van der Waals surface area contributed by atoms with Crippen molar-refractivity contribution in [3.63, 3.8) is 0 Å². The van der Waals surface area contributed by atoms with Gasteiger partial charge in [-0.25, -0.2) is 4.68 Å². The van der Waals surface area contributed by atoms with Crippen LogP contribution in [0.1, 0.15) is 44.0 Å². The van der Waals surface area contributed by atoms with Crippen molar-refractivity contribution in [3.8, 4) is 5.88 Å². The lowest BCUT2D eigenvalue weighted by Gasteiger charge is -2.30. The summed E-state index contributed by atoms with van der Waals surface area (Å²) in [4.78, 5) is 2.44. The van der Waals surface area contributed by atoms with Gasteiger partial charge in [-0.3, -0.25) is 4.90 Å². The molecule has 5 heteroatoms. The number of nitrogens with zero attached hydrogens (tertiary/aromatic N) is 3. The molecule has 0 spiro atoms. The normalized spacial score (nSPS) is 13.0. The Bertz CT molecular complexity index is 383. The molecule has 0 aliphatic heterocycles. The molecule has 0 saturated heterocycles. The fourth-order valence-corrected chi connectivity index (χ4v) is 2.73. The molecule has 2 N–H and O–H groups in total. The summed E-state index contributed by atoms with van der Waals surface area (Å²) in [6, 6.07) is 0.184. The van der Waals surface area contributed by atoms with Crippen molar-refractivity contribution in [3.05, 3.63) is 11.3 Å². The van der Waals surface area contributed by atoms with Crippen LogP contribution < -0.4 is 10.5 Å². The Labute approximate surface area is 116 Å². The topological polar surface area (TPSA) is 56.3 Å².